The maximum absolute atomic E-state index is 3.88. The smallest absolute Gasteiger partial charge is 0.0157 e. The van der Waals surface area contributed by atoms with Crippen molar-refractivity contribution in [3.05, 3.63) is 71.1 Å². The zero-order chi connectivity index (χ0) is 15.9. The van der Waals surface area contributed by atoms with Crippen LogP contribution in [0.15, 0.2) is 49.6 Å². The van der Waals surface area contributed by atoms with Gasteiger partial charge in [0, 0.05) is 0 Å². The Labute approximate surface area is 133 Å². The molecule has 1 aliphatic carbocycles. The molecule has 112 valence electrons. The van der Waals surface area contributed by atoms with Crippen molar-refractivity contribution in [2.24, 2.45) is 0 Å². The Hall–Kier alpha value is -2.34. The molecule has 0 fully saturated rings. The van der Waals surface area contributed by atoms with Crippen molar-refractivity contribution in [2.75, 3.05) is 0 Å². The molecule has 0 radical (unpaired) electrons. The molecule has 0 saturated heterocycles. The quantitative estimate of drug-likeness (QED) is 0.724. The Balaban J connectivity index is 0.000000545. The number of benzene rings is 2. The van der Waals surface area contributed by atoms with Gasteiger partial charge in [-0.3, -0.25) is 0 Å². The van der Waals surface area contributed by atoms with Crippen molar-refractivity contribution in [3.8, 4) is 0 Å². The van der Waals surface area contributed by atoms with Gasteiger partial charge in [-0.05, 0) is 63.0 Å². The summed E-state index contributed by atoms with van der Waals surface area (Å²) >= 11 is 0. The molecule has 0 spiro atoms. The standard InChI is InChI=1S/C19H16.C3H8/c1-3-14-10-18-12-16-8-6-5-7-9-17(16)13-19(18)11-15(14)4-2;1-3-2/h3-6,8-13H,1-2,7H2;3H2,1-2H3. The summed E-state index contributed by atoms with van der Waals surface area (Å²) in [6.07, 6.45) is 14.8. The summed E-state index contributed by atoms with van der Waals surface area (Å²) in [5, 5.41) is 5.09. The van der Waals surface area contributed by atoms with Crippen molar-refractivity contribution < 1.29 is 0 Å². The Bertz CT molecular complexity index is 832. The molecule has 0 aliphatic heterocycles. The third kappa shape index (κ3) is 3.46. The monoisotopic (exact) mass is 288 g/mol. The molecule has 0 bridgehead atoms. The second-order valence-electron chi connectivity index (χ2n) is 5.46. The highest BCUT2D eigenvalue weighted by molar-refractivity contribution is 5.88. The minimum absolute atomic E-state index is 0.994. The number of hydrogen-bond donors (Lipinski definition) is 0. The van der Waals surface area contributed by atoms with Crippen LogP contribution in [-0.2, 0) is 0 Å². The molecule has 0 heteroatoms. The maximum atomic E-state index is 3.88. The summed E-state index contributed by atoms with van der Waals surface area (Å²) in [5.74, 6) is 0. The van der Waals surface area contributed by atoms with Crippen LogP contribution in [0.5, 0.6) is 0 Å². The third-order valence-corrected chi connectivity index (χ3v) is 3.57. The van der Waals surface area contributed by atoms with Gasteiger partial charge in [0.05, 0.1) is 0 Å². The molecule has 0 unspecified atom stereocenters. The van der Waals surface area contributed by atoms with E-state index in [4.69, 9.17) is 0 Å². The predicted octanol–water partition coefficient (Wildman–Crippen LogP) is 5.06. The first-order valence-electron chi connectivity index (χ1n) is 7.93. The maximum Gasteiger partial charge on any atom is -0.0157 e. The van der Waals surface area contributed by atoms with Gasteiger partial charge >= 0.3 is 0 Å². The largest absolute Gasteiger partial charge is 0.0984 e. The van der Waals surface area contributed by atoms with Crippen LogP contribution in [0.3, 0.4) is 0 Å². The van der Waals surface area contributed by atoms with Crippen LogP contribution in [0.2, 0.25) is 0 Å². The highest BCUT2D eigenvalue weighted by atomic mass is 14.1. The zero-order valence-electron chi connectivity index (χ0n) is 13.6. The van der Waals surface area contributed by atoms with Gasteiger partial charge in [-0.25, -0.2) is 0 Å². The predicted molar refractivity (Wildman–Crippen MR) is 102 cm³/mol. The first-order valence-corrected chi connectivity index (χ1v) is 7.93. The average molecular weight is 288 g/mol. The van der Waals surface area contributed by atoms with Gasteiger partial charge in [-0.1, -0.05) is 69.9 Å². The van der Waals surface area contributed by atoms with Crippen LogP contribution in [0.1, 0.15) is 37.8 Å². The molecule has 0 amide bonds. The Kier molecular flexibility index (Phi) is 5.55. The topological polar surface area (TPSA) is 0 Å². The van der Waals surface area contributed by atoms with E-state index in [1.165, 1.54) is 27.6 Å². The van der Waals surface area contributed by atoms with E-state index in [2.05, 4.69) is 75.6 Å². The molecule has 0 N–H and O–H groups in total. The van der Waals surface area contributed by atoms with Gasteiger partial charge in [0.1, 0.15) is 0 Å². The van der Waals surface area contributed by atoms with Crippen molar-refractivity contribution in [2.45, 2.75) is 26.7 Å². The van der Waals surface area contributed by atoms with Crippen molar-refractivity contribution in [3.63, 3.8) is 0 Å². The minimum atomic E-state index is 0.994. The third-order valence-electron chi connectivity index (χ3n) is 3.57. The molecule has 3 rings (SSSR count). The van der Waals surface area contributed by atoms with E-state index >= 15 is 0 Å². The second kappa shape index (κ2) is 7.61. The van der Waals surface area contributed by atoms with Crippen LogP contribution in [0.25, 0.3) is 35.1 Å². The first-order chi connectivity index (χ1) is 10.7. The van der Waals surface area contributed by atoms with Gasteiger partial charge in [0.15, 0.2) is 0 Å². The van der Waals surface area contributed by atoms with E-state index < -0.39 is 0 Å². The van der Waals surface area contributed by atoms with E-state index in [1.807, 2.05) is 12.2 Å². The number of fused-ring (bicyclic) bond motifs is 2. The molecular formula is C22H24. The number of rotatable bonds is 2. The number of hydrogen-bond acceptors (Lipinski definition) is 0. The molecule has 0 saturated carbocycles. The van der Waals surface area contributed by atoms with Gasteiger partial charge in [-0.15, -0.1) is 0 Å². The fourth-order valence-corrected chi connectivity index (χ4v) is 2.54. The fourth-order valence-electron chi connectivity index (χ4n) is 2.54. The van der Waals surface area contributed by atoms with Crippen LogP contribution in [-0.4, -0.2) is 0 Å². The first kappa shape index (κ1) is 16.0. The van der Waals surface area contributed by atoms with E-state index in [1.54, 1.807) is 0 Å². The van der Waals surface area contributed by atoms with Gasteiger partial charge < -0.3 is 0 Å². The second-order valence-corrected chi connectivity index (χ2v) is 5.46. The lowest BCUT2D eigenvalue weighted by Crippen LogP contribution is -2.23. The minimum Gasteiger partial charge on any atom is -0.0984 e. The molecule has 0 heterocycles. The van der Waals surface area contributed by atoms with Crippen LogP contribution in [0, 0.1) is 0 Å². The Morgan fingerprint density at radius 1 is 0.909 bits per heavy atom. The molecule has 0 aromatic heterocycles. The van der Waals surface area contributed by atoms with E-state index in [-0.39, 0.29) is 0 Å². The highest BCUT2D eigenvalue weighted by Crippen LogP contribution is 2.20. The van der Waals surface area contributed by atoms with Crippen molar-refractivity contribution in [1.82, 2.24) is 0 Å². The van der Waals surface area contributed by atoms with E-state index in [0.29, 0.717) is 0 Å². The highest BCUT2D eigenvalue weighted by Gasteiger charge is 2.01. The summed E-state index contributed by atoms with van der Waals surface area (Å²) in [6.45, 7) is 12.0. The van der Waals surface area contributed by atoms with Crippen LogP contribution in [0.4, 0.5) is 0 Å². The average Bonchev–Trinajstić information content (AvgIpc) is 2.76. The summed E-state index contributed by atoms with van der Waals surface area (Å²) < 4.78 is 0. The fraction of sp³-hybridized carbons (Fsp3) is 0.182. The SMILES string of the molecule is C=Cc1cc2cc3c(cc2cc1C=C)=CCC=CC=3.CCC. The van der Waals surface area contributed by atoms with Gasteiger partial charge in [0.2, 0.25) is 0 Å². The lowest BCUT2D eigenvalue weighted by molar-refractivity contribution is 1.09. The summed E-state index contributed by atoms with van der Waals surface area (Å²) in [4.78, 5) is 0. The van der Waals surface area contributed by atoms with Gasteiger partial charge in [0.25, 0.3) is 0 Å². The number of allylic oxidation sites excluding steroid dienone is 2. The lowest BCUT2D eigenvalue weighted by Gasteiger charge is -2.05. The molecule has 22 heavy (non-hydrogen) atoms. The van der Waals surface area contributed by atoms with Crippen molar-refractivity contribution in [1.29, 1.82) is 0 Å². The molecule has 0 atom stereocenters. The Morgan fingerprint density at radius 2 is 1.45 bits per heavy atom. The molecule has 1 aliphatic rings. The zero-order valence-corrected chi connectivity index (χ0v) is 13.6. The molecule has 2 aromatic carbocycles. The van der Waals surface area contributed by atoms with Gasteiger partial charge in [-0.2, -0.15) is 0 Å². The van der Waals surface area contributed by atoms with E-state index in [9.17, 15) is 0 Å². The van der Waals surface area contributed by atoms with Crippen LogP contribution >= 0.6 is 0 Å². The summed E-state index contributed by atoms with van der Waals surface area (Å²) in [6, 6.07) is 8.87. The molecule has 0 nitrogen and oxygen atoms in total. The van der Waals surface area contributed by atoms with Crippen LogP contribution < -0.4 is 10.4 Å². The van der Waals surface area contributed by atoms with Crippen molar-refractivity contribution >= 4 is 35.1 Å². The normalized spacial score (nSPS) is 12.1. The molecule has 2 aromatic rings. The summed E-state index contributed by atoms with van der Waals surface area (Å²) in [7, 11) is 0. The lowest BCUT2D eigenvalue weighted by atomic mass is 9.99. The Morgan fingerprint density at radius 3 is 2.00 bits per heavy atom. The molecular weight excluding hydrogens is 264 g/mol. The van der Waals surface area contributed by atoms with E-state index in [0.717, 1.165) is 17.5 Å². The summed E-state index contributed by atoms with van der Waals surface area (Å²) in [5.41, 5.74) is 2.27.